The lowest BCUT2D eigenvalue weighted by Gasteiger charge is -2.10. The molecule has 0 bridgehead atoms. The van der Waals surface area contributed by atoms with Gasteiger partial charge >= 0.3 is 6.36 Å². The number of hydrogen-bond acceptors (Lipinski definition) is 3. The molecule has 0 atom stereocenters. The van der Waals surface area contributed by atoms with Crippen molar-refractivity contribution in [1.82, 2.24) is 4.98 Å². The Labute approximate surface area is 143 Å². The van der Waals surface area contributed by atoms with E-state index in [-0.39, 0.29) is 21.5 Å². The average molecular weight is 392 g/mol. The van der Waals surface area contributed by atoms with Gasteiger partial charge < -0.3 is 9.72 Å². The smallest absolute Gasteiger partial charge is 0.406 e. The zero-order valence-corrected chi connectivity index (χ0v) is 13.4. The van der Waals surface area contributed by atoms with Gasteiger partial charge in [-0.25, -0.2) is 17.2 Å². The van der Waals surface area contributed by atoms with Crippen LogP contribution >= 0.6 is 0 Å². The van der Waals surface area contributed by atoms with Crippen molar-refractivity contribution in [3.63, 3.8) is 0 Å². The van der Waals surface area contributed by atoms with E-state index in [4.69, 9.17) is 0 Å². The van der Waals surface area contributed by atoms with Crippen molar-refractivity contribution < 1.29 is 35.1 Å². The molecule has 0 radical (unpaired) electrons. The normalized spacial score (nSPS) is 12.3. The maximum Gasteiger partial charge on any atom is 0.573 e. The minimum absolute atomic E-state index is 0.0467. The monoisotopic (exact) mass is 392 g/mol. The number of H-pyrrole nitrogens is 1. The van der Waals surface area contributed by atoms with Gasteiger partial charge in [0, 0.05) is 17.6 Å². The molecule has 0 saturated heterocycles. The summed E-state index contributed by atoms with van der Waals surface area (Å²) in [5.41, 5.74) is 0.116. The highest BCUT2D eigenvalue weighted by molar-refractivity contribution is 7.92. The largest absolute Gasteiger partial charge is 0.573 e. The van der Waals surface area contributed by atoms with Crippen molar-refractivity contribution in [3.8, 4) is 5.75 Å². The Kier molecular flexibility index (Phi) is 4.26. The van der Waals surface area contributed by atoms with E-state index in [1.54, 1.807) is 0 Å². The number of rotatable bonds is 4. The Hall–Kier alpha value is -2.82. The lowest BCUT2D eigenvalue weighted by Crippen LogP contribution is -2.17. The summed E-state index contributed by atoms with van der Waals surface area (Å²) < 4.78 is 93.4. The van der Waals surface area contributed by atoms with Crippen LogP contribution in [0.3, 0.4) is 0 Å². The third kappa shape index (κ3) is 3.72. The molecule has 0 aliphatic heterocycles. The Morgan fingerprint density at radius 3 is 2.23 bits per heavy atom. The van der Waals surface area contributed by atoms with Crippen LogP contribution in [0.2, 0.25) is 0 Å². The zero-order chi connectivity index (χ0) is 19.1. The molecule has 0 amide bonds. The fourth-order valence-corrected chi connectivity index (χ4v) is 3.30. The predicted octanol–water partition coefficient (Wildman–Crippen LogP) is 4.15. The molecular formula is C15H9F5N2O3S. The summed E-state index contributed by atoms with van der Waals surface area (Å²) in [6.07, 6.45) is -3.70. The molecule has 138 valence electrons. The number of aromatic amines is 1. The van der Waals surface area contributed by atoms with Gasteiger partial charge in [0.1, 0.15) is 5.75 Å². The summed E-state index contributed by atoms with van der Waals surface area (Å²) in [5.74, 6) is -2.85. The highest BCUT2D eigenvalue weighted by atomic mass is 32.2. The molecule has 0 aliphatic rings. The zero-order valence-electron chi connectivity index (χ0n) is 12.6. The van der Waals surface area contributed by atoms with Gasteiger partial charge in [0.05, 0.1) is 16.1 Å². The second-order valence-electron chi connectivity index (χ2n) is 5.14. The van der Waals surface area contributed by atoms with E-state index in [1.807, 2.05) is 0 Å². The molecule has 1 aromatic heterocycles. The van der Waals surface area contributed by atoms with Gasteiger partial charge in [0.25, 0.3) is 10.0 Å². The molecular weight excluding hydrogens is 383 g/mol. The number of ether oxygens (including phenoxy) is 1. The van der Waals surface area contributed by atoms with E-state index in [0.717, 1.165) is 36.4 Å². The molecule has 3 aromatic rings. The van der Waals surface area contributed by atoms with E-state index >= 15 is 0 Å². The fourth-order valence-electron chi connectivity index (χ4n) is 2.23. The maximum absolute atomic E-state index is 13.4. The summed E-state index contributed by atoms with van der Waals surface area (Å²) in [7, 11) is -4.18. The first kappa shape index (κ1) is 18.0. The lowest BCUT2D eigenvalue weighted by atomic mass is 10.2. The summed E-state index contributed by atoms with van der Waals surface area (Å²) in [4.78, 5) is 2.24. The van der Waals surface area contributed by atoms with E-state index in [9.17, 15) is 30.4 Å². The van der Waals surface area contributed by atoms with Crippen molar-refractivity contribution in [1.29, 1.82) is 0 Å². The highest BCUT2D eigenvalue weighted by Crippen LogP contribution is 2.29. The highest BCUT2D eigenvalue weighted by Gasteiger charge is 2.31. The van der Waals surface area contributed by atoms with Crippen LogP contribution in [0, 0.1) is 11.6 Å². The first-order valence-electron chi connectivity index (χ1n) is 6.90. The maximum atomic E-state index is 13.4. The number of nitrogens with one attached hydrogen (secondary N) is 2. The van der Waals surface area contributed by atoms with Gasteiger partial charge in [0.15, 0.2) is 11.6 Å². The molecule has 2 aromatic carbocycles. The molecule has 2 N–H and O–H groups in total. The molecule has 0 saturated carbocycles. The number of sulfonamides is 1. The van der Waals surface area contributed by atoms with Gasteiger partial charge in [-0.2, -0.15) is 0 Å². The van der Waals surface area contributed by atoms with Gasteiger partial charge in [-0.05, 0) is 30.3 Å². The molecule has 0 aliphatic carbocycles. The number of anilines is 1. The topological polar surface area (TPSA) is 71.2 Å². The van der Waals surface area contributed by atoms with Crippen LogP contribution in [0.25, 0.3) is 10.9 Å². The average Bonchev–Trinajstić information content (AvgIpc) is 2.88. The summed E-state index contributed by atoms with van der Waals surface area (Å²) in [6, 6.07) is 5.20. The van der Waals surface area contributed by atoms with Crippen LogP contribution in [0.5, 0.6) is 5.75 Å². The summed E-state index contributed by atoms with van der Waals surface area (Å²) >= 11 is 0. The SMILES string of the molecule is O=S(=O)(Nc1c[nH]c2cc(F)c(F)cc12)c1ccc(OC(F)(F)F)cc1. The molecule has 0 spiro atoms. The minimum Gasteiger partial charge on any atom is -0.406 e. The van der Waals surface area contributed by atoms with Crippen LogP contribution < -0.4 is 9.46 Å². The molecule has 26 heavy (non-hydrogen) atoms. The third-order valence-electron chi connectivity index (χ3n) is 3.33. The second kappa shape index (κ2) is 6.16. The van der Waals surface area contributed by atoms with Crippen molar-refractivity contribution >= 4 is 26.6 Å². The molecule has 0 unspecified atom stereocenters. The number of benzene rings is 2. The number of aromatic nitrogens is 1. The molecule has 1 heterocycles. The van der Waals surface area contributed by atoms with Crippen LogP contribution in [0.4, 0.5) is 27.6 Å². The quantitative estimate of drug-likeness (QED) is 0.656. The Balaban J connectivity index is 1.88. The number of halogens is 5. The standard InChI is InChI=1S/C15H9F5N2O3S/c16-11-5-10-13(6-12(11)17)21-7-14(10)22-26(23,24)9-3-1-8(2-4-9)25-15(18,19)20/h1-7,21-22H. The molecule has 11 heteroatoms. The lowest BCUT2D eigenvalue weighted by molar-refractivity contribution is -0.274. The van der Waals surface area contributed by atoms with Crippen LogP contribution in [0.15, 0.2) is 47.5 Å². The van der Waals surface area contributed by atoms with Crippen molar-refractivity contribution in [2.75, 3.05) is 4.72 Å². The minimum atomic E-state index is -4.90. The number of alkyl halides is 3. The van der Waals surface area contributed by atoms with Crippen LogP contribution in [-0.2, 0) is 10.0 Å². The summed E-state index contributed by atoms with van der Waals surface area (Å²) in [5, 5.41) is 0.0875. The first-order valence-corrected chi connectivity index (χ1v) is 8.38. The first-order chi connectivity index (χ1) is 12.0. The fraction of sp³-hybridized carbons (Fsp3) is 0.0667. The Morgan fingerprint density at radius 2 is 1.62 bits per heavy atom. The van der Waals surface area contributed by atoms with Crippen molar-refractivity contribution in [2.24, 2.45) is 0 Å². The molecule has 5 nitrogen and oxygen atoms in total. The third-order valence-corrected chi connectivity index (χ3v) is 4.72. The van der Waals surface area contributed by atoms with Crippen molar-refractivity contribution in [3.05, 3.63) is 54.2 Å². The Bertz CT molecular complexity index is 1060. The van der Waals surface area contributed by atoms with Crippen molar-refractivity contribution in [2.45, 2.75) is 11.3 Å². The van der Waals surface area contributed by atoms with E-state index in [0.29, 0.717) is 0 Å². The summed E-state index contributed by atoms with van der Waals surface area (Å²) in [6.45, 7) is 0. The van der Waals surface area contributed by atoms with Gasteiger partial charge in [-0.3, -0.25) is 4.72 Å². The van der Waals surface area contributed by atoms with Crippen LogP contribution in [-0.4, -0.2) is 19.8 Å². The predicted molar refractivity (Wildman–Crippen MR) is 82.1 cm³/mol. The van der Waals surface area contributed by atoms with E-state index in [2.05, 4.69) is 14.4 Å². The van der Waals surface area contributed by atoms with E-state index < -0.39 is 33.8 Å². The van der Waals surface area contributed by atoms with Gasteiger partial charge in [0.2, 0.25) is 0 Å². The van der Waals surface area contributed by atoms with Gasteiger partial charge in [-0.15, -0.1) is 13.2 Å². The Morgan fingerprint density at radius 1 is 1.00 bits per heavy atom. The molecule has 3 rings (SSSR count). The van der Waals surface area contributed by atoms with Crippen LogP contribution in [0.1, 0.15) is 0 Å². The van der Waals surface area contributed by atoms with E-state index in [1.165, 1.54) is 6.20 Å². The second-order valence-corrected chi connectivity index (χ2v) is 6.82. The van der Waals surface area contributed by atoms with Gasteiger partial charge in [-0.1, -0.05) is 0 Å². The number of hydrogen-bond donors (Lipinski definition) is 2. The molecule has 0 fully saturated rings. The number of fused-ring (bicyclic) bond motifs is 1.